The van der Waals surface area contributed by atoms with Gasteiger partial charge in [0.2, 0.25) is 0 Å². The van der Waals surface area contributed by atoms with Crippen LogP contribution in [0.15, 0.2) is 71.2 Å². The van der Waals surface area contributed by atoms with Crippen molar-refractivity contribution in [2.45, 2.75) is 12.5 Å². The molecule has 0 fully saturated rings. The summed E-state index contributed by atoms with van der Waals surface area (Å²) in [5, 5.41) is 28.9. The fraction of sp³-hybridized carbons (Fsp3) is 0.105. The van der Waals surface area contributed by atoms with Crippen LogP contribution in [-0.2, 0) is 0 Å². The summed E-state index contributed by atoms with van der Waals surface area (Å²) in [6, 6.07) is 15.5. The molecule has 6 nitrogen and oxygen atoms in total. The van der Waals surface area contributed by atoms with Crippen LogP contribution in [0.5, 0.6) is 0 Å². The average Bonchev–Trinajstić information content (AvgIpc) is 3.21. The molecule has 0 saturated carbocycles. The molecule has 8 heteroatoms. The van der Waals surface area contributed by atoms with Gasteiger partial charge in [0.25, 0.3) is 5.69 Å². The lowest BCUT2D eigenvalue weighted by Crippen LogP contribution is -2.15. The van der Waals surface area contributed by atoms with Crippen LogP contribution in [0.25, 0.3) is 0 Å². The number of rotatable bonds is 7. The minimum atomic E-state index is -0.453. The number of hydrogen-bond donors (Lipinski definition) is 2. The molecule has 138 valence electrons. The van der Waals surface area contributed by atoms with Gasteiger partial charge in [-0.3, -0.25) is 10.1 Å². The first-order chi connectivity index (χ1) is 13.1. The molecule has 0 aliphatic heterocycles. The molecule has 0 aliphatic rings. The maximum absolute atomic E-state index is 13.2. The van der Waals surface area contributed by atoms with Gasteiger partial charge in [0.1, 0.15) is 5.82 Å². The summed E-state index contributed by atoms with van der Waals surface area (Å²) < 4.78 is 13.2. The van der Waals surface area contributed by atoms with Gasteiger partial charge in [-0.15, -0.1) is 11.3 Å². The standard InChI is InChI=1S/C19H16FN3O3S/c20-14-5-3-13(4-6-14)17(22-24)12-18(19-2-1-11-27-19)21-15-7-9-16(10-8-15)23(25)26/h1-11,18,21,24H,12H2/b22-17-. The second-order valence-corrected chi connectivity index (χ2v) is 6.75. The second-order valence-electron chi connectivity index (χ2n) is 5.77. The molecule has 3 aromatic rings. The molecule has 0 spiro atoms. The zero-order valence-corrected chi connectivity index (χ0v) is 14.9. The van der Waals surface area contributed by atoms with Gasteiger partial charge in [-0.05, 0) is 41.3 Å². The van der Waals surface area contributed by atoms with Crippen molar-refractivity contribution in [3.63, 3.8) is 0 Å². The molecular weight excluding hydrogens is 369 g/mol. The molecule has 1 heterocycles. The van der Waals surface area contributed by atoms with E-state index in [2.05, 4.69) is 10.5 Å². The highest BCUT2D eigenvalue weighted by Crippen LogP contribution is 2.29. The van der Waals surface area contributed by atoms with Crippen LogP contribution in [-0.4, -0.2) is 15.8 Å². The summed E-state index contributed by atoms with van der Waals surface area (Å²) in [7, 11) is 0. The van der Waals surface area contributed by atoms with E-state index in [4.69, 9.17) is 0 Å². The van der Waals surface area contributed by atoms with E-state index >= 15 is 0 Å². The lowest BCUT2D eigenvalue weighted by molar-refractivity contribution is -0.384. The van der Waals surface area contributed by atoms with Crippen LogP contribution in [0.1, 0.15) is 22.9 Å². The number of oxime groups is 1. The highest BCUT2D eigenvalue weighted by Gasteiger charge is 2.18. The lowest BCUT2D eigenvalue weighted by atomic mass is 10.0. The lowest BCUT2D eigenvalue weighted by Gasteiger charge is -2.19. The number of hydrogen-bond acceptors (Lipinski definition) is 6. The molecule has 0 bridgehead atoms. The second kappa shape index (κ2) is 8.41. The van der Waals surface area contributed by atoms with Crippen LogP contribution < -0.4 is 5.32 Å². The molecule has 0 aliphatic carbocycles. The summed E-state index contributed by atoms with van der Waals surface area (Å²) in [5.41, 5.74) is 1.74. The summed E-state index contributed by atoms with van der Waals surface area (Å²) in [4.78, 5) is 11.4. The summed E-state index contributed by atoms with van der Waals surface area (Å²) in [6.45, 7) is 0. The predicted molar refractivity (Wildman–Crippen MR) is 103 cm³/mol. The Hall–Kier alpha value is -3.26. The fourth-order valence-corrected chi connectivity index (χ4v) is 3.42. The molecule has 2 aromatic carbocycles. The zero-order chi connectivity index (χ0) is 19.2. The van der Waals surface area contributed by atoms with E-state index in [9.17, 15) is 19.7 Å². The number of thiophene rings is 1. The molecule has 3 rings (SSSR count). The first-order valence-electron chi connectivity index (χ1n) is 8.08. The van der Waals surface area contributed by atoms with E-state index in [0.717, 1.165) is 4.88 Å². The zero-order valence-electron chi connectivity index (χ0n) is 14.1. The number of benzene rings is 2. The minimum absolute atomic E-state index is 0.0112. The molecule has 1 aromatic heterocycles. The van der Waals surface area contributed by atoms with Crippen molar-refractivity contribution in [1.29, 1.82) is 0 Å². The van der Waals surface area contributed by atoms with Crippen LogP contribution in [0.3, 0.4) is 0 Å². The molecule has 2 N–H and O–H groups in total. The molecule has 0 saturated heterocycles. The van der Waals surface area contributed by atoms with Crippen LogP contribution in [0, 0.1) is 15.9 Å². The smallest absolute Gasteiger partial charge is 0.269 e. The number of non-ortho nitro benzene ring substituents is 1. The largest absolute Gasteiger partial charge is 0.411 e. The van der Waals surface area contributed by atoms with Crippen molar-refractivity contribution in [2.24, 2.45) is 5.16 Å². The molecular formula is C19H16FN3O3S. The van der Waals surface area contributed by atoms with Gasteiger partial charge >= 0.3 is 0 Å². The number of nitro groups is 1. The fourth-order valence-electron chi connectivity index (χ4n) is 2.64. The Morgan fingerprint density at radius 3 is 2.44 bits per heavy atom. The van der Waals surface area contributed by atoms with E-state index in [1.54, 1.807) is 35.6 Å². The highest BCUT2D eigenvalue weighted by atomic mass is 32.1. The highest BCUT2D eigenvalue weighted by molar-refractivity contribution is 7.10. The van der Waals surface area contributed by atoms with Crippen molar-refractivity contribution < 1.29 is 14.5 Å². The Kier molecular flexibility index (Phi) is 5.77. The third kappa shape index (κ3) is 4.68. The van der Waals surface area contributed by atoms with Crippen molar-refractivity contribution >= 4 is 28.4 Å². The van der Waals surface area contributed by atoms with E-state index in [1.807, 2.05) is 17.5 Å². The normalized spacial score (nSPS) is 12.6. The number of nitrogens with zero attached hydrogens (tertiary/aromatic N) is 2. The summed E-state index contributed by atoms with van der Waals surface area (Å²) in [6.07, 6.45) is 0.347. The van der Waals surface area contributed by atoms with E-state index < -0.39 is 4.92 Å². The van der Waals surface area contributed by atoms with Gasteiger partial charge in [0.15, 0.2) is 0 Å². The topological polar surface area (TPSA) is 87.8 Å². The van der Waals surface area contributed by atoms with Gasteiger partial charge in [-0.2, -0.15) is 0 Å². The third-order valence-electron chi connectivity index (χ3n) is 4.00. The molecule has 0 amide bonds. The SMILES string of the molecule is O=[N+]([O-])c1ccc(NC(C/C(=N/O)c2ccc(F)cc2)c2cccs2)cc1. The van der Waals surface area contributed by atoms with Gasteiger partial charge in [0, 0.05) is 29.1 Å². The number of halogens is 1. The van der Waals surface area contributed by atoms with E-state index in [0.29, 0.717) is 23.4 Å². The number of nitrogens with one attached hydrogen (secondary N) is 1. The third-order valence-corrected chi connectivity index (χ3v) is 4.99. The molecule has 0 radical (unpaired) electrons. The monoisotopic (exact) mass is 385 g/mol. The minimum Gasteiger partial charge on any atom is -0.411 e. The average molecular weight is 385 g/mol. The van der Waals surface area contributed by atoms with Crippen molar-refractivity contribution in [3.05, 3.63) is 92.4 Å². The van der Waals surface area contributed by atoms with Gasteiger partial charge < -0.3 is 10.5 Å². The summed E-state index contributed by atoms with van der Waals surface area (Å²) in [5.74, 6) is -0.366. The predicted octanol–water partition coefficient (Wildman–Crippen LogP) is 5.22. The van der Waals surface area contributed by atoms with Crippen molar-refractivity contribution in [1.82, 2.24) is 0 Å². The van der Waals surface area contributed by atoms with E-state index in [1.165, 1.54) is 24.3 Å². The first-order valence-corrected chi connectivity index (χ1v) is 8.96. The van der Waals surface area contributed by atoms with Gasteiger partial charge in [-0.1, -0.05) is 23.4 Å². The Balaban J connectivity index is 1.83. The van der Waals surface area contributed by atoms with Gasteiger partial charge in [0.05, 0.1) is 16.7 Å². The Bertz CT molecular complexity index is 926. The maximum atomic E-state index is 13.2. The first kappa shape index (κ1) is 18.5. The number of nitro benzene ring substituents is 1. The van der Waals surface area contributed by atoms with E-state index in [-0.39, 0.29) is 17.5 Å². The molecule has 1 atom stereocenters. The molecule has 1 unspecified atom stereocenters. The summed E-state index contributed by atoms with van der Waals surface area (Å²) >= 11 is 1.54. The van der Waals surface area contributed by atoms with Crippen molar-refractivity contribution in [3.8, 4) is 0 Å². The number of anilines is 1. The Morgan fingerprint density at radius 2 is 1.89 bits per heavy atom. The van der Waals surface area contributed by atoms with Crippen molar-refractivity contribution in [2.75, 3.05) is 5.32 Å². The Morgan fingerprint density at radius 1 is 1.19 bits per heavy atom. The van der Waals surface area contributed by atoms with Gasteiger partial charge in [-0.25, -0.2) is 4.39 Å². The maximum Gasteiger partial charge on any atom is 0.269 e. The van der Waals surface area contributed by atoms with Crippen LogP contribution in [0.2, 0.25) is 0 Å². The Labute approximate surface area is 158 Å². The molecule has 27 heavy (non-hydrogen) atoms. The van der Waals surface area contributed by atoms with Crippen LogP contribution in [0.4, 0.5) is 15.8 Å². The quantitative estimate of drug-likeness (QED) is 0.253. The van der Waals surface area contributed by atoms with Crippen LogP contribution >= 0.6 is 11.3 Å².